The zero-order chi connectivity index (χ0) is 22.9. The molecule has 0 aliphatic heterocycles. The molecular weight excluding hydrogens is 416 g/mol. The van der Waals surface area contributed by atoms with Crippen molar-refractivity contribution in [3.63, 3.8) is 0 Å². The molecule has 1 rings (SSSR count). The first-order valence-electron chi connectivity index (χ1n) is 8.64. The van der Waals surface area contributed by atoms with Crippen molar-refractivity contribution in [2.45, 2.75) is 4.90 Å². The fraction of sp³-hybridized carbons (Fsp3) is 0.333. The molecule has 0 fully saturated rings. The molecule has 11 nitrogen and oxygen atoms in total. The molecule has 1 aromatic rings. The van der Waals surface area contributed by atoms with Crippen molar-refractivity contribution in [3.05, 3.63) is 53.6 Å². The Kier molecular flexibility index (Phi) is 9.15. The lowest BCUT2D eigenvalue weighted by Gasteiger charge is -2.19. The van der Waals surface area contributed by atoms with E-state index in [1.54, 1.807) is 14.1 Å². The molecule has 0 radical (unpaired) electrons. The highest BCUT2D eigenvalue weighted by Crippen LogP contribution is 2.29. The zero-order valence-corrected chi connectivity index (χ0v) is 17.6. The molecule has 0 saturated carbocycles. The fourth-order valence-corrected chi connectivity index (χ4v) is 3.29. The third-order valence-electron chi connectivity index (χ3n) is 3.75. The van der Waals surface area contributed by atoms with Gasteiger partial charge in [-0.15, -0.1) is 13.2 Å². The highest BCUT2D eigenvalue weighted by atomic mass is 32.2. The summed E-state index contributed by atoms with van der Waals surface area (Å²) in [6, 6.07) is 3.37. The number of anilines is 1. The monoisotopic (exact) mass is 440 g/mol. The summed E-state index contributed by atoms with van der Waals surface area (Å²) in [5.41, 5.74) is -0.180. The van der Waals surface area contributed by atoms with E-state index < -0.39 is 45.7 Å². The van der Waals surface area contributed by atoms with Gasteiger partial charge in [0.1, 0.15) is 12.2 Å². The molecule has 1 amide bonds. The molecule has 0 aliphatic rings. The third-order valence-corrected chi connectivity index (χ3v) is 5.15. The average Bonchev–Trinajstić information content (AvgIpc) is 2.69. The van der Waals surface area contributed by atoms with Crippen molar-refractivity contribution in [2.75, 3.05) is 45.2 Å². The van der Waals surface area contributed by atoms with Gasteiger partial charge in [0.2, 0.25) is 10.0 Å². The van der Waals surface area contributed by atoms with Gasteiger partial charge in [-0.05, 0) is 12.1 Å². The maximum Gasteiger partial charge on any atom is 0.321 e. The van der Waals surface area contributed by atoms with Crippen molar-refractivity contribution in [3.8, 4) is 0 Å². The van der Waals surface area contributed by atoms with E-state index >= 15 is 0 Å². The average molecular weight is 440 g/mol. The van der Waals surface area contributed by atoms with Crippen LogP contribution in [-0.4, -0.2) is 70.5 Å². The lowest BCUT2D eigenvalue weighted by Crippen LogP contribution is -2.37. The fourth-order valence-electron chi connectivity index (χ4n) is 2.31. The lowest BCUT2D eigenvalue weighted by molar-refractivity contribution is -0.384. The van der Waals surface area contributed by atoms with E-state index in [0.717, 1.165) is 6.07 Å². The van der Waals surface area contributed by atoms with E-state index in [1.807, 2.05) is 4.72 Å². The van der Waals surface area contributed by atoms with Gasteiger partial charge in [-0.1, -0.05) is 12.2 Å². The second-order valence-electron chi connectivity index (χ2n) is 6.16. The first kappa shape index (κ1) is 24.8. The van der Waals surface area contributed by atoms with Gasteiger partial charge in [0.25, 0.3) is 11.6 Å². The molecule has 0 unspecified atom stereocenters. The Morgan fingerprint density at radius 3 is 2.33 bits per heavy atom. The maximum atomic E-state index is 12.4. The predicted octanol–water partition coefficient (Wildman–Crippen LogP) is 0.683. The molecule has 1 aromatic carbocycles. The quantitative estimate of drug-likeness (QED) is 0.217. The van der Waals surface area contributed by atoms with E-state index in [4.69, 9.17) is 4.74 Å². The van der Waals surface area contributed by atoms with Gasteiger partial charge in [-0.25, -0.2) is 8.42 Å². The number of carbonyl (C=O) groups is 2. The van der Waals surface area contributed by atoms with Crippen LogP contribution in [0.4, 0.5) is 11.4 Å². The largest absolute Gasteiger partial charge is 0.455 e. The summed E-state index contributed by atoms with van der Waals surface area (Å²) < 4.78 is 31.5. The van der Waals surface area contributed by atoms with Gasteiger partial charge < -0.3 is 14.5 Å². The molecule has 12 heteroatoms. The molecule has 0 aromatic heterocycles. The summed E-state index contributed by atoms with van der Waals surface area (Å²) in [6.45, 7) is 6.18. The van der Waals surface area contributed by atoms with Crippen LogP contribution in [0.3, 0.4) is 0 Å². The SMILES string of the molecule is C=CCN(CC=C)C(=O)COC(=O)CNS(=O)(=O)c1ccc(N(C)C)c([N+](=O)[O-])c1. The number of hydrogen-bond acceptors (Lipinski definition) is 8. The van der Waals surface area contributed by atoms with Gasteiger partial charge in [-0.2, -0.15) is 4.72 Å². The summed E-state index contributed by atoms with van der Waals surface area (Å²) in [7, 11) is -1.06. The molecule has 0 atom stereocenters. The summed E-state index contributed by atoms with van der Waals surface area (Å²) in [5.74, 6) is -1.48. The number of nitrogens with one attached hydrogen (secondary N) is 1. The number of benzene rings is 1. The Hall–Kier alpha value is -3.25. The van der Waals surface area contributed by atoms with Crippen LogP contribution in [0.2, 0.25) is 0 Å². The molecule has 0 heterocycles. The number of sulfonamides is 1. The van der Waals surface area contributed by atoms with Crippen molar-refractivity contribution in [1.82, 2.24) is 9.62 Å². The number of nitro groups is 1. The van der Waals surface area contributed by atoms with Gasteiger partial charge >= 0.3 is 5.97 Å². The van der Waals surface area contributed by atoms with Crippen LogP contribution in [-0.2, 0) is 24.3 Å². The van der Waals surface area contributed by atoms with E-state index in [9.17, 15) is 28.1 Å². The smallest absolute Gasteiger partial charge is 0.321 e. The minimum atomic E-state index is -4.22. The van der Waals surface area contributed by atoms with Crippen molar-refractivity contribution < 1.29 is 27.7 Å². The van der Waals surface area contributed by atoms with Crippen molar-refractivity contribution in [2.24, 2.45) is 0 Å². The van der Waals surface area contributed by atoms with E-state index in [2.05, 4.69) is 13.2 Å². The predicted molar refractivity (Wildman–Crippen MR) is 111 cm³/mol. The standard InChI is InChI=1S/C18H24N4O7S/c1-5-9-21(10-6-2)17(23)13-29-18(24)12-19-30(27,28)14-7-8-15(20(3)4)16(11-14)22(25)26/h5-8,11,19H,1-2,9-10,12-13H2,3-4H3. The summed E-state index contributed by atoms with van der Waals surface area (Å²) in [6.07, 6.45) is 3.00. The number of amides is 1. The van der Waals surface area contributed by atoms with Crippen LogP contribution in [0.15, 0.2) is 48.4 Å². The highest BCUT2D eigenvalue weighted by Gasteiger charge is 2.23. The molecule has 0 saturated heterocycles. The maximum absolute atomic E-state index is 12.4. The Morgan fingerprint density at radius 2 is 1.83 bits per heavy atom. The number of ether oxygens (including phenoxy) is 1. The number of nitro benzene ring substituents is 1. The van der Waals surface area contributed by atoms with Gasteiger partial charge in [0.05, 0.1) is 9.82 Å². The summed E-state index contributed by atoms with van der Waals surface area (Å²) in [5, 5.41) is 11.2. The van der Waals surface area contributed by atoms with Gasteiger partial charge in [-0.3, -0.25) is 19.7 Å². The lowest BCUT2D eigenvalue weighted by atomic mass is 10.2. The number of rotatable bonds is 12. The summed E-state index contributed by atoms with van der Waals surface area (Å²) >= 11 is 0. The van der Waals surface area contributed by atoms with Crippen LogP contribution < -0.4 is 9.62 Å². The van der Waals surface area contributed by atoms with Crippen molar-refractivity contribution >= 4 is 33.3 Å². The number of nitrogens with zero attached hydrogens (tertiary/aromatic N) is 3. The minimum absolute atomic E-state index is 0.223. The summed E-state index contributed by atoms with van der Waals surface area (Å²) in [4.78, 5) is 36.7. The molecule has 164 valence electrons. The third kappa shape index (κ3) is 6.97. The molecule has 30 heavy (non-hydrogen) atoms. The van der Waals surface area contributed by atoms with E-state index in [1.165, 1.54) is 34.1 Å². The number of esters is 1. The van der Waals surface area contributed by atoms with E-state index in [-0.39, 0.29) is 23.7 Å². The van der Waals surface area contributed by atoms with Crippen LogP contribution in [0.5, 0.6) is 0 Å². The zero-order valence-electron chi connectivity index (χ0n) is 16.7. The van der Waals surface area contributed by atoms with E-state index in [0.29, 0.717) is 0 Å². The van der Waals surface area contributed by atoms with Crippen molar-refractivity contribution in [1.29, 1.82) is 0 Å². The molecule has 0 aliphatic carbocycles. The second kappa shape index (κ2) is 11.1. The normalized spacial score (nSPS) is 10.7. The van der Waals surface area contributed by atoms with Crippen LogP contribution >= 0.6 is 0 Å². The molecule has 0 bridgehead atoms. The Balaban J connectivity index is 2.77. The van der Waals surface area contributed by atoms with Crippen LogP contribution in [0.25, 0.3) is 0 Å². The Bertz CT molecular complexity index is 918. The Morgan fingerprint density at radius 1 is 1.23 bits per heavy atom. The number of hydrogen-bond donors (Lipinski definition) is 1. The Labute approximate surface area is 174 Å². The van der Waals surface area contributed by atoms with Crippen LogP contribution in [0.1, 0.15) is 0 Å². The molecule has 1 N–H and O–H groups in total. The first-order chi connectivity index (χ1) is 14.0. The number of carbonyl (C=O) groups excluding carboxylic acids is 2. The minimum Gasteiger partial charge on any atom is -0.455 e. The van der Waals surface area contributed by atoms with Gasteiger partial charge in [0.15, 0.2) is 6.61 Å². The topological polar surface area (TPSA) is 139 Å². The second-order valence-corrected chi connectivity index (χ2v) is 7.93. The molecular formula is C18H24N4O7S. The van der Waals surface area contributed by atoms with Crippen LogP contribution in [0, 0.1) is 10.1 Å². The highest BCUT2D eigenvalue weighted by molar-refractivity contribution is 7.89. The van der Waals surface area contributed by atoms with Gasteiger partial charge in [0, 0.05) is 33.3 Å². The first-order valence-corrected chi connectivity index (χ1v) is 10.1. The molecule has 0 spiro atoms.